The number of allylic oxidation sites excluding steroid dienone is 1. The van der Waals surface area contributed by atoms with Crippen molar-refractivity contribution in [3.63, 3.8) is 0 Å². The zero-order valence-corrected chi connectivity index (χ0v) is 13.0. The van der Waals surface area contributed by atoms with E-state index in [1.165, 1.54) is 45.6 Å². The molecular formula is C17H30O2. The highest BCUT2D eigenvalue weighted by Gasteiger charge is 2.11. The van der Waals surface area contributed by atoms with E-state index in [2.05, 4.69) is 26.5 Å². The zero-order valence-electron chi connectivity index (χ0n) is 13.0. The standard InChI is InChI=1S/C17H30O2/c1-5-7-9-11-13-16(14-12-10-8-6-2)15(3)17(18)19-4/h13H,3,5-12,14H2,1-2,4H3/b16-13-. The van der Waals surface area contributed by atoms with E-state index in [-0.39, 0.29) is 5.97 Å². The first kappa shape index (κ1) is 17.9. The lowest BCUT2D eigenvalue weighted by atomic mass is 9.98. The number of hydrogen-bond acceptors (Lipinski definition) is 2. The Morgan fingerprint density at radius 3 is 2.26 bits per heavy atom. The van der Waals surface area contributed by atoms with Crippen LogP contribution in [0.2, 0.25) is 0 Å². The third kappa shape index (κ3) is 8.63. The molecule has 110 valence electrons. The second kappa shape index (κ2) is 12.0. The van der Waals surface area contributed by atoms with Crippen LogP contribution in [0.1, 0.15) is 71.6 Å². The molecule has 0 aromatic carbocycles. The highest BCUT2D eigenvalue weighted by Crippen LogP contribution is 2.19. The average Bonchev–Trinajstić information content (AvgIpc) is 2.44. The molecule has 0 N–H and O–H groups in total. The summed E-state index contributed by atoms with van der Waals surface area (Å²) >= 11 is 0. The van der Waals surface area contributed by atoms with Gasteiger partial charge in [0.25, 0.3) is 0 Å². The van der Waals surface area contributed by atoms with Crippen LogP contribution in [0, 0.1) is 0 Å². The van der Waals surface area contributed by atoms with Crippen LogP contribution in [0.5, 0.6) is 0 Å². The number of carbonyl (C=O) groups excluding carboxylic acids is 1. The van der Waals surface area contributed by atoms with Gasteiger partial charge in [0.2, 0.25) is 0 Å². The third-order valence-corrected chi connectivity index (χ3v) is 3.32. The number of esters is 1. The molecule has 0 atom stereocenters. The topological polar surface area (TPSA) is 26.3 Å². The molecule has 0 aliphatic carbocycles. The van der Waals surface area contributed by atoms with E-state index in [1.807, 2.05) is 0 Å². The van der Waals surface area contributed by atoms with Crippen LogP contribution >= 0.6 is 0 Å². The summed E-state index contributed by atoms with van der Waals surface area (Å²) in [5, 5.41) is 0. The Morgan fingerprint density at radius 2 is 1.68 bits per heavy atom. The van der Waals surface area contributed by atoms with Gasteiger partial charge in [0.05, 0.1) is 12.7 Å². The molecule has 2 nitrogen and oxygen atoms in total. The molecule has 0 unspecified atom stereocenters. The molecule has 0 aromatic heterocycles. The Labute approximate surface area is 118 Å². The molecule has 0 bridgehead atoms. The monoisotopic (exact) mass is 266 g/mol. The second-order valence-corrected chi connectivity index (χ2v) is 5.01. The molecule has 0 aliphatic heterocycles. The highest BCUT2D eigenvalue weighted by atomic mass is 16.5. The van der Waals surface area contributed by atoms with Gasteiger partial charge < -0.3 is 4.74 Å². The molecule has 0 radical (unpaired) electrons. The van der Waals surface area contributed by atoms with Crippen molar-refractivity contribution >= 4 is 5.97 Å². The van der Waals surface area contributed by atoms with Crippen molar-refractivity contribution in [3.05, 3.63) is 23.8 Å². The van der Waals surface area contributed by atoms with E-state index in [0.29, 0.717) is 5.57 Å². The molecule has 0 saturated heterocycles. The van der Waals surface area contributed by atoms with Crippen LogP contribution in [0.25, 0.3) is 0 Å². The van der Waals surface area contributed by atoms with E-state index < -0.39 is 0 Å². The molecule has 0 fully saturated rings. The van der Waals surface area contributed by atoms with Crippen LogP contribution < -0.4 is 0 Å². The lowest BCUT2D eigenvalue weighted by Gasteiger charge is -2.09. The van der Waals surface area contributed by atoms with E-state index in [4.69, 9.17) is 4.74 Å². The Kier molecular flexibility index (Phi) is 11.3. The fourth-order valence-electron chi connectivity index (χ4n) is 2.04. The summed E-state index contributed by atoms with van der Waals surface area (Å²) in [6, 6.07) is 0. The highest BCUT2D eigenvalue weighted by molar-refractivity contribution is 5.92. The van der Waals surface area contributed by atoms with Crippen molar-refractivity contribution in [1.29, 1.82) is 0 Å². The predicted molar refractivity (Wildman–Crippen MR) is 82.1 cm³/mol. The van der Waals surface area contributed by atoms with Crippen molar-refractivity contribution in [1.82, 2.24) is 0 Å². The number of ether oxygens (including phenoxy) is 1. The van der Waals surface area contributed by atoms with Gasteiger partial charge >= 0.3 is 5.97 Å². The molecule has 0 rings (SSSR count). The molecule has 0 saturated carbocycles. The maximum atomic E-state index is 11.6. The molecule has 0 aliphatic rings. The Hall–Kier alpha value is -1.05. The predicted octanol–water partition coefficient (Wildman–Crippen LogP) is 5.19. The minimum Gasteiger partial charge on any atom is -0.465 e. The molecule has 0 spiro atoms. The first-order valence-electron chi connectivity index (χ1n) is 7.63. The number of carbonyl (C=O) groups is 1. The van der Waals surface area contributed by atoms with Gasteiger partial charge in [-0.1, -0.05) is 58.6 Å². The van der Waals surface area contributed by atoms with Gasteiger partial charge in [0.15, 0.2) is 0 Å². The summed E-state index contributed by atoms with van der Waals surface area (Å²) < 4.78 is 4.77. The number of unbranched alkanes of at least 4 members (excludes halogenated alkanes) is 6. The lowest BCUT2D eigenvalue weighted by molar-refractivity contribution is -0.135. The number of methoxy groups -OCH3 is 1. The van der Waals surface area contributed by atoms with Gasteiger partial charge in [0, 0.05) is 0 Å². The maximum absolute atomic E-state index is 11.6. The summed E-state index contributed by atoms with van der Waals surface area (Å²) in [6.07, 6.45) is 12.6. The largest absolute Gasteiger partial charge is 0.465 e. The quantitative estimate of drug-likeness (QED) is 0.222. The first-order valence-corrected chi connectivity index (χ1v) is 7.63. The van der Waals surface area contributed by atoms with E-state index in [1.54, 1.807) is 0 Å². The third-order valence-electron chi connectivity index (χ3n) is 3.32. The minimum atomic E-state index is -0.294. The van der Waals surface area contributed by atoms with Gasteiger partial charge in [-0.2, -0.15) is 0 Å². The van der Waals surface area contributed by atoms with E-state index in [0.717, 1.165) is 24.8 Å². The van der Waals surface area contributed by atoms with Crippen LogP contribution in [0.3, 0.4) is 0 Å². The SMILES string of the molecule is C=C(C(=O)OC)/C(=C\CCCCC)CCCCCC. The average molecular weight is 266 g/mol. The molecule has 2 heteroatoms. The van der Waals surface area contributed by atoms with Crippen molar-refractivity contribution in [2.24, 2.45) is 0 Å². The van der Waals surface area contributed by atoms with Crippen LogP contribution in [-0.4, -0.2) is 13.1 Å². The summed E-state index contributed by atoms with van der Waals surface area (Å²) in [4.78, 5) is 11.6. The molecule has 0 aromatic rings. The summed E-state index contributed by atoms with van der Waals surface area (Å²) in [5.41, 5.74) is 1.62. The number of rotatable bonds is 11. The number of hydrogen-bond donors (Lipinski definition) is 0. The van der Waals surface area contributed by atoms with E-state index in [9.17, 15) is 4.79 Å². The van der Waals surface area contributed by atoms with Crippen molar-refractivity contribution in [3.8, 4) is 0 Å². The normalized spacial score (nSPS) is 11.4. The van der Waals surface area contributed by atoms with Gasteiger partial charge in [-0.3, -0.25) is 0 Å². The second-order valence-electron chi connectivity index (χ2n) is 5.01. The van der Waals surface area contributed by atoms with Gasteiger partial charge in [-0.05, 0) is 31.3 Å². The summed E-state index contributed by atoms with van der Waals surface area (Å²) in [5.74, 6) is -0.294. The maximum Gasteiger partial charge on any atom is 0.337 e. The van der Waals surface area contributed by atoms with Gasteiger partial charge in [0.1, 0.15) is 0 Å². The lowest BCUT2D eigenvalue weighted by Crippen LogP contribution is -2.06. The zero-order chi connectivity index (χ0) is 14.5. The van der Waals surface area contributed by atoms with Gasteiger partial charge in [-0.15, -0.1) is 0 Å². The van der Waals surface area contributed by atoms with Gasteiger partial charge in [-0.25, -0.2) is 4.79 Å². The summed E-state index contributed by atoms with van der Waals surface area (Å²) in [7, 11) is 1.42. The van der Waals surface area contributed by atoms with Crippen LogP contribution in [0.15, 0.2) is 23.8 Å². The molecular weight excluding hydrogens is 236 g/mol. The van der Waals surface area contributed by atoms with Crippen LogP contribution in [-0.2, 0) is 9.53 Å². The van der Waals surface area contributed by atoms with Crippen LogP contribution in [0.4, 0.5) is 0 Å². The molecule has 0 amide bonds. The Bertz CT molecular complexity index is 290. The minimum absolute atomic E-state index is 0.294. The Morgan fingerprint density at radius 1 is 1.05 bits per heavy atom. The first-order chi connectivity index (χ1) is 9.17. The molecule has 19 heavy (non-hydrogen) atoms. The van der Waals surface area contributed by atoms with E-state index >= 15 is 0 Å². The van der Waals surface area contributed by atoms with Crippen molar-refractivity contribution in [2.75, 3.05) is 7.11 Å². The fraction of sp³-hybridized carbons (Fsp3) is 0.706. The smallest absolute Gasteiger partial charge is 0.337 e. The fourth-order valence-corrected chi connectivity index (χ4v) is 2.04. The van der Waals surface area contributed by atoms with Crippen molar-refractivity contribution in [2.45, 2.75) is 71.6 Å². The molecule has 0 heterocycles. The van der Waals surface area contributed by atoms with Crippen molar-refractivity contribution < 1.29 is 9.53 Å². The summed E-state index contributed by atoms with van der Waals surface area (Å²) in [6.45, 7) is 8.28. The Balaban J connectivity index is 4.36.